The fraction of sp³-hybridized carbons (Fsp3) is 0.500. The van der Waals surface area contributed by atoms with E-state index in [9.17, 15) is 4.79 Å². The Bertz CT molecular complexity index is 404. The van der Waals surface area contributed by atoms with Crippen molar-refractivity contribution in [3.05, 3.63) is 29.3 Å². The summed E-state index contributed by atoms with van der Waals surface area (Å²) in [6.45, 7) is 6.93. The number of benzene rings is 1. The van der Waals surface area contributed by atoms with E-state index in [4.69, 9.17) is 4.74 Å². The maximum absolute atomic E-state index is 11.1. The number of nitrogens with one attached hydrogen (secondary N) is 1. The van der Waals surface area contributed by atoms with E-state index in [2.05, 4.69) is 23.9 Å². The molecule has 4 nitrogen and oxygen atoms in total. The molecule has 0 amide bonds. The molecular formula is C14H21NO3. The molecule has 0 saturated carbocycles. The van der Waals surface area contributed by atoms with E-state index in [-0.39, 0.29) is 18.6 Å². The fourth-order valence-corrected chi connectivity index (χ4v) is 1.74. The first-order chi connectivity index (χ1) is 8.58. The maximum atomic E-state index is 11.1. The summed E-state index contributed by atoms with van der Waals surface area (Å²) < 4.78 is 10.1. The first kappa shape index (κ1) is 14.5. The van der Waals surface area contributed by atoms with Crippen molar-refractivity contribution in [2.45, 2.75) is 26.8 Å². The van der Waals surface area contributed by atoms with Crippen LogP contribution in [0.15, 0.2) is 18.2 Å². The van der Waals surface area contributed by atoms with Gasteiger partial charge in [-0.3, -0.25) is 0 Å². The molecule has 18 heavy (non-hydrogen) atoms. The second-order valence-corrected chi connectivity index (χ2v) is 4.19. The zero-order valence-electron chi connectivity index (χ0n) is 11.4. The monoisotopic (exact) mass is 251 g/mol. The van der Waals surface area contributed by atoms with Crippen LogP contribution < -0.4 is 10.1 Å². The zero-order valence-corrected chi connectivity index (χ0v) is 11.4. The second-order valence-electron chi connectivity index (χ2n) is 4.19. The van der Waals surface area contributed by atoms with Crippen molar-refractivity contribution < 1.29 is 14.3 Å². The molecule has 0 radical (unpaired) electrons. The summed E-state index contributed by atoms with van der Waals surface area (Å²) in [5.41, 5.74) is 2.15. The number of aryl methyl sites for hydroxylation is 1. The highest BCUT2D eigenvalue weighted by Crippen LogP contribution is 2.26. The second kappa shape index (κ2) is 7.01. The predicted octanol–water partition coefficient (Wildman–Crippen LogP) is 2.22. The van der Waals surface area contributed by atoms with Crippen molar-refractivity contribution >= 4 is 5.97 Å². The normalized spacial score (nSPS) is 12.0. The third-order valence-electron chi connectivity index (χ3n) is 2.72. The van der Waals surface area contributed by atoms with Gasteiger partial charge >= 0.3 is 5.97 Å². The standard InChI is InChI=1S/C14H21NO3/c1-5-15-11(3)12-7-6-10(2)8-13(12)18-9-14(16)17-4/h6-8,11,15H,5,9H2,1-4H3. The Hall–Kier alpha value is -1.55. The Balaban J connectivity index is 2.85. The zero-order chi connectivity index (χ0) is 13.5. The van der Waals surface area contributed by atoms with Gasteiger partial charge in [0.1, 0.15) is 5.75 Å². The van der Waals surface area contributed by atoms with Gasteiger partial charge in [-0.1, -0.05) is 19.1 Å². The van der Waals surface area contributed by atoms with Crippen molar-refractivity contribution in [2.75, 3.05) is 20.3 Å². The van der Waals surface area contributed by atoms with Gasteiger partial charge in [0.15, 0.2) is 6.61 Å². The summed E-state index contributed by atoms with van der Waals surface area (Å²) in [4.78, 5) is 11.1. The quantitative estimate of drug-likeness (QED) is 0.787. The minimum atomic E-state index is -0.376. The molecule has 1 unspecified atom stereocenters. The number of carbonyl (C=O) groups is 1. The largest absolute Gasteiger partial charge is 0.482 e. The lowest BCUT2D eigenvalue weighted by atomic mass is 10.0. The average Bonchev–Trinajstić information content (AvgIpc) is 2.36. The Labute approximate surface area is 108 Å². The average molecular weight is 251 g/mol. The smallest absolute Gasteiger partial charge is 0.343 e. The number of hydrogen-bond donors (Lipinski definition) is 1. The highest BCUT2D eigenvalue weighted by molar-refractivity contribution is 5.71. The molecule has 0 fully saturated rings. The van der Waals surface area contributed by atoms with Crippen molar-refractivity contribution in [1.29, 1.82) is 0 Å². The van der Waals surface area contributed by atoms with Crippen LogP contribution in [0.1, 0.15) is 31.0 Å². The lowest BCUT2D eigenvalue weighted by Gasteiger charge is -2.17. The minimum absolute atomic E-state index is 0.0637. The molecule has 1 atom stereocenters. The molecule has 1 N–H and O–H groups in total. The molecule has 0 aliphatic heterocycles. The van der Waals surface area contributed by atoms with Crippen LogP contribution in [0.2, 0.25) is 0 Å². The van der Waals surface area contributed by atoms with Gasteiger partial charge in [0.2, 0.25) is 0 Å². The van der Waals surface area contributed by atoms with Crippen LogP contribution in [0.3, 0.4) is 0 Å². The van der Waals surface area contributed by atoms with Gasteiger partial charge in [-0.2, -0.15) is 0 Å². The van der Waals surface area contributed by atoms with E-state index in [0.29, 0.717) is 0 Å². The van der Waals surface area contributed by atoms with E-state index in [1.54, 1.807) is 0 Å². The molecule has 0 spiro atoms. The molecule has 1 aromatic carbocycles. The van der Waals surface area contributed by atoms with Gasteiger partial charge in [-0.25, -0.2) is 4.79 Å². The van der Waals surface area contributed by atoms with Gasteiger partial charge < -0.3 is 14.8 Å². The van der Waals surface area contributed by atoms with E-state index in [1.807, 2.05) is 25.1 Å². The number of rotatable bonds is 6. The van der Waals surface area contributed by atoms with Crippen molar-refractivity contribution in [1.82, 2.24) is 5.32 Å². The Kier molecular flexibility index (Phi) is 5.65. The Morgan fingerprint density at radius 3 is 2.78 bits per heavy atom. The topological polar surface area (TPSA) is 47.6 Å². The van der Waals surface area contributed by atoms with Crippen molar-refractivity contribution in [3.63, 3.8) is 0 Å². The molecule has 0 saturated heterocycles. The van der Waals surface area contributed by atoms with Crippen LogP contribution in [0.25, 0.3) is 0 Å². The van der Waals surface area contributed by atoms with E-state index in [1.165, 1.54) is 7.11 Å². The number of ether oxygens (including phenoxy) is 2. The molecule has 4 heteroatoms. The SMILES string of the molecule is CCNC(C)c1ccc(C)cc1OCC(=O)OC. The molecule has 1 rings (SSSR count). The summed E-state index contributed by atoms with van der Waals surface area (Å²) in [6, 6.07) is 6.18. The van der Waals surface area contributed by atoms with Gasteiger partial charge in [0.05, 0.1) is 7.11 Å². The highest BCUT2D eigenvalue weighted by atomic mass is 16.6. The van der Waals surface area contributed by atoms with Crippen LogP contribution in [-0.4, -0.2) is 26.2 Å². The van der Waals surface area contributed by atoms with Crippen molar-refractivity contribution in [3.8, 4) is 5.75 Å². The summed E-state index contributed by atoms with van der Waals surface area (Å²) in [5, 5.41) is 3.33. The number of hydrogen-bond acceptors (Lipinski definition) is 4. The molecule has 1 aromatic rings. The lowest BCUT2D eigenvalue weighted by Crippen LogP contribution is -2.20. The first-order valence-electron chi connectivity index (χ1n) is 6.12. The van der Waals surface area contributed by atoms with E-state index >= 15 is 0 Å². The summed E-state index contributed by atoms with van der Waals surface area (Å²) in [5.74, 6) is 0.354. The summed E-state index contributed by atoms with van der Waals surface area (Å²) in [6.07, 6.45) is 0. The third-order valence-corrected chi connectivity index (χ3v) is 2.72. The van der Waals surface area contributed by atoms with E-state index < -0.39 is 0 Å². The number of methoxy groups -OCH3 is 1. The first-order valence-corrected chi connectivity index (χ1v) is 6.12. The molecule has 0 aliphatic carbocycles. The van der Waals surface area contributed by atoms with Gasteiger partial charge in [0, 0.05) is 11.6 Å². The molecule has 100 valence electrons. The van der Waals surface area contributed by atoms with Crippen LogP contribution >= 0.6 is 0 Å². The summed E-state index contributed by atoms with van der Waals surface area (Å²) in [7, 11) is 1.35. The van der Waals surface area contributed by atoms with Gasteiger partial charge in [0.25, 0.3) is 0 Å². The van der Waals surface area contributed by atoms with Crippen LogP contribution in [0.4, 0.5) is 0 Å². The maximum Gasteiger partial charge on any atom is 0.343 e. The predicted molar refractivity (Wildman–Crippen MR) is 70.8 cm³/mol. The molecule has 0 aromatic heterocycles. The van der Waals surface area contributed by atoms with E-state index in [0.717, 1.165) is 23.4 Å². The minimum Gasteiger partial charge on any atom is -0.482 e. The van der Waals surface area contributed by atoms with Gasteiger partial charge in [-0.05, 0) is 32.0 Å². The number of carbonyl (C=O) groups excluding carboxylic acids is 1. The molecule has 0 heterocycles. The lowest BCUT2D eigenvalue weighted by molar-refractivity contribution is -0.142. The van der Waals surface area contributed by atoms with Gasteiger partial charge in [-0.15, -0.1) is 0 Å². The molecular weight excluding hydrogens is 230 g/mol. The van der Waals surface area contributed by atoms with Crippen LogP contribution in [-0.2, 0) is 9.53 Å². The van der Waals surface area contributed by atoms with Crippen LogP contribution in [0, 0.1) is 6.92 Å². The van der Waals surface area contributed by atoms with Crippen LogP contribution in [0.5, 0.6) is 5.75 Å². The number of esters is 1. The molecule has 0 bridgehead atoms. The molecule has 0 aliphatic rings. The summed E-state index contributed by atoms with van der Waals surface area (Å²) >= 11 is 0. The Morgan fingerprint density at radius 2 is 2.17 bits per heavy atom. The van der Waals surface area contributed by atoms with Crippen molar-refractivity contribution in [2.24, 2.45) is 0 Å². The Morgan fingerprint density at radius 1 is 1.44 bits per heavy atom. The third kappa shape index (κ3) is 4.04. The fourth-order valence-electron chi connectivity index (χ4n) is 1.74. The highest BCUT2D eigenvalue weighted by Gasteiger charge is 2.12.